The van der Waals surface area contributed by atoms with Gasteiger partial charge in [0.25, 0.3) is 10.0 Å². The van der Waals surface area contributed by atoms with Gasteiger partial charge in [-0.15, -0.1) is 11.3 Å². The van der Waals surface area contributed by atoms with Crippen LogP contribution in [-0.4, -0.2) is 19.5 Å². The molecule has 0 radical (unpaired) electrons. The molecule has 2 rings (SSSR count). The number of anilines is 1. The topological polar surface area (TPSA) is 83.5 Å². The minimum Gasteiger partial charge on any atom is -0.477 e. The molecule has 2 aromatic rings. The van der Waals surface area contributed by atoms with Crippen molar-refractivity contribution in [2.45, 2.75) is 4.90 Å². The highest BCUT2D eigenvalue weighted by atomic mass is 35.5. The third kappa shape index (κ3) is 2.92. The number of carboxylic acids is 1. The summed E-state index contributed by atoms with van der Waals surface area (Å²) >= 11 is 6.31. The van der Waals surface area contributed by atoms with E-state index >= 15 is 0 Å². The molecule has 1 heterocycles. The Morgan fingerprint density at radius 3 is 2.70 bits per heavy atom. The highest BCUT2D eigenvalue weighted by Crippen LogP contribution is 2.26. The molecule has 0 fully saturated rings. The van der Waals surface area contributed by atoms with Crippen molar-refractivity contribution >= 4 is 44.6 Å². The SMILES string of the molecule is O=C(O)c1cc(S(=O)(=O)Nc2cccc(Cl)c2F)cs1. The van der Waals surface area contributed by atoms with Crippen LogP contribution in [0.1, 0.15) is 9.67 Å². The van der Waals surface area contributed by atoms with Crippen molar-refractivity contribution in [1.29, 1.82) is 0 Å². The summed E-state index contributed by atoms with van der Waals surface area (Å²) in [5, 5.41) is 9.69. The molecule has 0 aliphatic rings. The molecular formula is C11H7ClFNO4S2. The van der Waals surface area contributed by atoms with Crippen LogP contribution < -0.4 is 4.72 Å². The van der Waals surface area contributed by atoms with Crippen molar-refractivity contribution in [2.24, 2.45) is 0 Å². The molecule has 2 N–H and O–H groups in total. The first kappa shape index (κ1) is 14.8. The number of benzene rings is 1. The van der Waals surface area contributed by atoms with Crippen LogP contribution in [0.5, 0.6) is 0 Å². The molecule has 9 heteroatoms. The van der Waals surface area contributed by atoms with E-state index < -0.39 is 21.8 Å². The third-order valence-electron chi connectivity index (χ3n) is 2.29. The maximum absolute atomic E-state index is 13.6. The number of thiophene rings is 1. The number of carbonyl (C=O) groups is 1. The van der Waals surface area contributed by atoms with E-state index in [9.17, 15) is 17.6 Å². The zero-order chi connectivity index (χ0) is 14.9. The molecule has 20 heavy (non-hydrogen) atoms. The molecule has 0 amide bonds. The lowest BCUT2D eigenvalue weighted by atomic mass is 10.3. The normalized spacial score (nSPS) is 11.3. The summed E-state index contributed by atoms with van der Waals surface area (Å²) in [4.78, 5) is 10.3. The Morgan fingerprint density at radius 2 is 2.10 bits per heavy atom. The third-order valence-corrected chi connectivity index (χ3v) is 5.00. The molecule has 0 saturated carbocycles. The molecule has 5 nitrogen and oxygen atoms in total. The van der Waals surface area contributed by atoms with Crippen molar-refractivity contribution in [3.63, 3.8) is 0 Å². The smallest absolute Gasteiger partial charge is 0.345 e. The zero-order valence-electron chi connectivity index (χ0n) is 9.63. The van der Waals surface area contributed by atoms with Crippen molar-refractivity contribution in [3.8, 4) is 0 Å². The molecule has 1 aromatic carbocycles. The number of carboxylic acid groups (broad SMARTS) is 1. The average Bonchev–Trinajstić information content (AvgIpc) is 2.85. The fraction of sp³-hybridized carbons (Fsp3) is 0. The Kier molecular flexibility index (Phi) is 3.98. The lowest BCUT2D eigenvalue weighted by Crippen LogP contribution is -2.13. The van der Waals surface area contributed by atoms with Crippen LogP contribution in [0.3, 0.4) is 0 Å². The van der Waals surface area contributed by atoms with Crippen molar-refractivity contribution in [2.75, 3.05) is 4.72 Å². The van der Waals surface area contributed by atoms with Crippen LogP contribution in [0.15, 0.2) is 34.5 Å². The Morgan fingerprint density at radius 1 is 1.40 bits per heavy atom. The lowest BCUT2D eigenvalue weighted by molar-refractivity contribution is 0.0702. The van der Waals surface area contributed by atoms with Gasteiger partial charge < -0.3 is 5.11 Å². The predicted octanol–water partition coefficient (Wildman–Crippen LogP) is 3.04. The summed E-state index contributed by atoms with van der Waals surface area (Å²) in [5.41, 5.74) is -0.305. The van der Waals surface area contributed by atoms with Crippen LogP contribution in [0, 0.1) is 5.82 Å². The first-order chi connectivity index (χ1) is 9.31. The predicted molar refractivity (Wildman–Crippen MR) is 73.5 cm³/mol. The zero-order valence-corrected chi connectivity index (χ0v) is 12.0. The minimum absolute atomic E-state index is 0.128. The second-order valence-corrected chi connectivity index (χ2v) is 6.66. The first-order valence-corrected chi connectivity index (χ1v) is 7.84. The molecule has 0 atom stereocenters. The maximum Gasteiger partial charge on any atom is 0.345 e. The summed E-state index contributed by atoms with van der Waals surface area (Å²) in [7, 11) is -4.07. The fourth-order valence-corrected chi connectivity index (χ4v) is 3.70. The van der Waals surface area contributed by atoms with Crippen LogP contribution >= 0.6 is 22.9 Å². The summed E-state index contributed by atoms with van der Waals surface area (Å²) in [6.07, 6.45) is 0. The van der Waals surface area contributed by atoms with E-state index in [2.05, 4.69) is 0 Å². The van der Waals surface area contributed by atoms with Gasteiger partial charge in [0.2, 0.25) is 0 Å². The number of nitrogens with one attached hydrogen (secondary N) is 1. The molecule has 0 spiro atoms. The highest BCUT2D eigenvalue weighted by molar-refractivity contribution is 7.92. The molecule has 0 unspecified atom stereocenters. The van der Waals surface area contributed by atoms with Gasteiger partial charge in [0.1, 0.15) is 4.88 Å². The molecule has 0 aliphatic carbocycles. The van der Waals surface area contributed by atoms with E-state index in [1.807, 2.05) is 4.72 Å². The number of sulfonamides is 1. The molecule has 0 bridgehead atoms. The lowest BCUT2D eigenvalue weighted by Gasteiger charge is -2.08. The van der Waals surface area contributed by atoms with Gasteiger partial charge >= 0.3 is 5.97 Å². The van der Waals surface area contributed by atoms with Crippen LogP contribution in [0.2, 0.25) is 5.02 Å². The standard InChI is InChI=1S/C11H7ClFNO4S2/c12-7-2-1-3-8(10(7)13)14-20(17,18)6-4-9(11(15)16)19-5-6/h1-5,14H,(H,15,16). The van der Waals surface area contributed by atoms with Gasteiger partial charge in [0.05, 0.1) is 15.6 Å². The molecule has 1 aromatic heterocycles. The van der Waals surface area contributed by atoms with Crippen molar-refractivity contribution < 1.29 is 22.7 Å². The number of hydrogen-bond acceptors (Lipinski definition) is 4. The van der Waals surface area contributed by atoms with Gasteiger partial charge in [-0.3, -0.25) is 4.72 Å². The van der Waals surface area contributed by atoms with Crippen molar-refractivity contribution in [3.05, 3.63) is 45.4 Å². The molecular weight excluding hydrogens is 329 g/mol. The van der Waals surface area contributed by atoms with Gasteiger partial charge in [0.15, 0.2) is 5.82 Å². The summed E-state index contributed by atoms with van der Waals surface area (Å²) in [5.74, 6) is -2.13. The van der Waals surface area contributed by atoms with Crippen LogP contribution in [-0.2, 0) is 10.0 Å². The minimum atomic E-state index is -4.07. The number of hydrogen-bond donors (Lipinski definition) is 2. The molecule has 0 aliphatic heterocycles. The van der Waals surface area contributed by atoms with E-state index in [1.165, 1.54) is 18.2 Å². The summed E-state index contributed by atoms with van der Waals surface area (Å²) in [6, 6.07) is 4.88. The molecule has 106 valence electrons. The van der Waals surface area contributed by atoms with Gasteiger partial charge in [-0.1, -0.05) is 17.7 Å². The fourth-order valence-electron chi connectivity index (χ4n) is 1.36. The summed E-state index contributed by atoms with van der Waals surface area (Å²) in [6.45, 7) is 0. The number of halogens is 2. The first-order valence-electron chi connectivity index (χ1n) is 5.10. The second kappa shape index (κ2) is 5.39. The monoisotopic (exact) mass is 335 g/mol. The van der Waals surface area contributed by atoms with Crippen LogP contribution in [0.25, 0.3) is 0 Å². The van der Waals surface area contributed by atoms with Crippen molar-refractivity contribution in [1.82, 2.24) is 0 Å². The van der Waals surface area contributed by atoms with Gasteiger partial charge in [-0.05, 0) is 18.2 Å². The second-order valence-electron chi connectivity index (χ2n) is 3.66. The Balaban J connectivity index is 2.35. The van der Waals surface area contributed by atoms with Gasteiger partial charge in [0, 0.05) is 5.38 Å². The maximum atomic E-state index is 13.6. The van der Waals surface area contributed by atoms with E-state index in [4.69, 9.17) is 16.7 Å². The van der Waals surface area contributed by atoms with E-state index in [-0.39, 0.29) is 20.5 Å². The average molecular weight is 336 g/mol. The van der Waals surface area contributed by atoms with E-state index in [0.29, 0.717) is 0 Å². The number of aromatic carboxylic acids is 1. The Hall–Kier alpha value is -1.64. The Bertz CT molecular complexity index is 772. The largest absolute Gasteiger partial charge is 0.477 e. The highest BCUT2D eigenvalue weighted by Gasteiger charge is 2.20. The molecule has 0 saturated heterocycles. The van der Waals surface area contributed by atoms with Gasteiger partial charge in [-0.2, -0.15) is 0 Å². The van der Waals surface area contributed by atoms with E-state index in [0.717, 1.165) is 22.8 Å². The van der Waals surface area contributed by atoms with Gasteiger partial charge in [-0.25, -0.2) is 17.6 Å². The summed E-state index contributed by atoms with van der Waals surface area (Å²) < 4.78 is 39.6. The van der Waals surface area contributed by atoms with Crippen LogP contribution in [0.4, 0.5) is 10.1 Å². The Labute approximate surface area is 122 Å². The quantitative estimate of drug-likeness (QED) is 0.899. The van der Waals surface area contributed by atoms with E-state index in [1.54, 1.807) is 0 Å². The number of rotatable bonds is 4.